The van der Waals surface area contributed by atoms with E-state index >= 15 is 0 Å². The van der Waals surface area contributed by atoms with E-state index in [-0.39, 0.29) is 17.9 Å². The summed E-state index contributed by atoms with van der Waals surface area (Å²) in [6.45, 7) is 0.232. The lowest BCUT2D eigenvalue weighted by Gasteiger charge is -2.11. The molecule has 0 atom stereocenters. The van der Waals surface area contributed by atoms with Gasteiger partial charge in [0.1, 0.15) is 6.61 Å². The van der Waals surface area contributed by atoms with E-state index in [1.54, 1.807) is 6.07 Å². The minimum absolute atomic E-state index is 0.0363. The summed E-state index contributed by atoms with van der Waals surface area (Å²) in [5, 5.41) is 0. The van der Waals surface area contributed by atoms with Crippen LogP contribution < -0.4 is 4.74 Å². The molecule has 0 radical (unpaired) electrons. The van der Waals surface area contributed by atoms with Crippen LogP contribution in [-0.2, 0) is 6.61 Å². The highest BCUT2D eigenvalue weighted by Crippen LogP contribution is 2.35. The summed E-state index contributed by atoms with van der Waals surface area (Å²) in [5.41, 5.74) is 0.871. The molecule has 0 fully saturated rings. The van der Waals surface area contributed by atoms with Crippen LogP contribution in [0, 0.1) is 5.82 Å². The predicted molar refractivity (Wildman–Crippen MR) is 78.0 cm³/mol. The van der Waals surface area contributed by atoms with Crippen molar-refractivity contribution in [3.63, 3.8) is 0 Å². The van der Waals surface area contributed by atoms with Gasteiger partial charge in [-0.05, 0) is 43.5 Å². The lowest BCUT2D eigenvalue weighted by atomic mass is 10.2. The number of rotatable bonds is 4. The third kappa shape index (κ3) is 3.22. The molecule has 0 unspecified atom stereocenters. The first kappa shape index (κ1) is 14.2. The Labute approximate surface area is 126 Å². The van der Waals surface area contributed by atoms with E-state index < -0.39 is 5.82 Å². The van der Waals surface area contributed by atoms with E-state index in [0.717, 1.165) is 5.56 Å². The lowest BCUT2D eigenvalue weighted by Crippen LogP contribution is -2.01. The molecule has 0 amide bonds. The molecule has 0 aromatic heterocycles. The molecule has 0 saturated heterocycles. The van der Waals surface area contributed by atoms with Crippen LogP contribution >= 0.6 is 31.9 Å². The number of ether oxygens (including phenoxy) is 1. The molecule has 0 heterocycles. The number of carbonyl (C=O) groups excluding carboxylic acids is 1. The Balaban J connectivity index is 2.28. The van der Waals surface area contributed by atoms with Gasteiger partial charge >= 0.3 is 0 Å². The van der Waals surface area contributed by atoms with E-state index in [4.69, 9.17) is 4.74 Å². The van der Waals surface area contributed by atoms with Gasteiger partial charge in [-0.15, -0.1) is 0 Å². The Kier molecular flexibility index (Phi) is 4.71. The lowest BCUT2D eigenvalue weighted by molar-refractivity contribution is 0.111. The summed E-state index contributed by atoms with van der Waals surface area (Å²) in [5.74, 6) is -0.638. The monoisotopic (exact) mass is 386 g/mol. The first-order valence-corrected chi connectivity index (χ1v) is 7.01. The van der Waals surface area contributed by atoms with Gasteiger partial charge in [0.15, 0.2) is 17.9 Å². The molecule has 5 heteroatoms. The second-order valence-corrected chi connectivity index (χ2v) is 5.50. The summed E-state index contributed by atoms with van der Waals surface area (Å²) in [6.07, 6.45) is 0.460. The zero-order valence-electron chi connectivity index (χ0n) is 9.70. The van der Waals surface area contributed by atoms with Gasteiger partial charge in [0.25, 0.3) is 0 Å². The summed E-state index contributed by atoms with van der Waals surface area (Å²) < 4.78 is 20.4. The summed E-state index contributed by atoms with van der Waals surface area (Å²) >= 11 is 6.36. The number of hydrogen-bond donors (Lipinski definition) is 0. The predicted octanol–water partition coefficient (Wildman–Crippen LogP) is 4.74. The van der Waals surface area contributed by atoms with E-state index in [1.165, 1.54) is 0 Å². The Hall–Kier alpha value is -1.20. The van der Waals surface area contributed by atoms with Gasteiger partial charge in [0.2, 0.25) is 0 Å². The highest BCUT2D eigenvalue weighted by Gasteiger charge is 2.17. The fraction of sp³-hybridized carbons (Fsp3) is 0.0714. The molecule has 0 spiro atoms. The standard InChI is InChI=1S/C14H9Br2FO2/c15-11-6-12(16)14(13(17)10(11)7-18)19-8-9-4-2-1-3-5-9/h1-7H,8H2. The molecule has 0 aliphatic rings. The van der Waals surface area contributed by atoms with Gasteiger partial charge in [-0.2, -0.15) is 0 Å². The van der Waals surface area contributed by atoms with Crippen molar-refractivity contribution in [3.8, 4) is 5.75 Å². The maximum atomic E-state index is 14.1. The minimum Gasteiger partial charge on any atom is -0.485 e. The SMILES string of the molecule is O=Cc1c(Br)cc(Br)c(OCc2ccccc2)c1F. The van der Waals surface area contributed by atoms with Crippen molar-refractivity contribution in [2.45, 2.75) is 6.61 Å². The molecule has 0 aliphatic heterocycles. The largest absolute Gasteiger partial charge is 0.485 e. The van der Waals surface area contributed by atoms with Crippen LogP contribution in [0.1, 0.15) is 15.9 Å². The van der Waals surface area contributed by atoms with Crippen molar-refractivity contribution in [2.24, 2.45) is 0 Å². The molecule has 2 rings (SSSR count). The second-order valence-electron chi connectivity index (χ2n) is 3.79. The first-order valence-electron chi connectivity index (χ1n) is 5.43. The fourth-order valence-corrected chi connectivity index (χ4v) is 2.88. The highest BCUT2D eigenvalue weighted by atomic mass is 79.9. The van der Waals surface area contributed by atoms with Gasteiger partial charge in [-0.3, -0.25) is 4.79 Å². The van der Waals surface area contributed by atoms with Gasteiger partial charge in [-0.1, -0.05) is 30.3 Å². The van der Waals surface area contributed by atoms with Crippen molar-refractivity contribution in [3.05, 3.63) is 62.3 Å². The number of halogens is 3. The van der Waals surface area contributed by atoms with Crippen molar-refractivity contribution in [1.82, 2.24) is 0 Å². The van der Waals surface area contributed by atoms with Crippen LogP contribution in [-0.4, -0.2) is 6.29 Å². The third-order valence-corrected chi connectivity index (χ3v) is 3.75. The molecule has 0 aliphatic carbocycles. The Morgan fingerprint density at radius 2 is 1.84 bits per heavy atom. The van der Waals surface area contributed by atoms with Gasteiger partial charge in [0.05, 0.1) is 10.0 Å². The average Bonchev–Trinajstić information content (AvgIpc) is 2.39. The maximum absolute atomic E-state index is 14.1. The van der Waals surface area contributed by atoms with Crippen molar-refractivity contribution in [2.75, 3.05) is 0 Å². The highest BCUT2D eigenvalue weighted by molar-refractivity contribution is 9.11. The summed E-state index contributed by atoms with van der Waals surface area (Å²) in [4.78, 5) is 10.8. The molecule has 2 aromatic carbocycles. The molecule has 98 valence electrons. The van der Waals surface area contributed by atoms with Crippen molar-refractivity contribution >= 4 is 38.1 Å². The zero-order valence-corrected chi connectivity index (χ0v) is 12.9. The minimum atomic E-state index is -0.674. The smallest absolute Gasteiger partial charge is 0.177 e. The fourth-order valence-electron chi connectivity index (χ4n) is 1.56. The molecule has 0 saturated carbocycles. The molecule has 0 N–H and O–H groups in total. The van der Waals surface area contributed by atoms with Gasteiger partial charge in [-0.25, -0.2) is 4.39 Å². The molecule has 2 nitrogen and oxygen atoms in total. The molecule has 2 aromatic rings. The second kappa shape index (κ2) is 6.30. The normalized spacial score (nSPS) is 10.3. The van der Waals surface area contributed by atoms with Crippen molar-refractivity contribution < 1.29 is 13.9 Å². The third-order valence-electron chi connectivity index (χ3n) is 2.51. The zero-order chi connectivity index (χ0) is 13.8. The van der Waals surface area contributed by atoms with E-state index in [0.29, 0.717) is 15.2 Å². The van der Waals surface area contributed by atoms with E-state index in [9.17, 15) is 9.18 Å². The van der Waals surface area contributed by atoms with Crippen LogP contribution in [0.3, 0.4) is 0 Å². The van der Waals surface area contributed by atoms with Gasteiger partial charge in [0, 0.05) is 4.47 Å². The summed E-state index contributed by atoms with van der Waals surface area (Å²) in [7, 11) is 0. The number of benzene rings is 2. The summed E-state index contributed by atoms with van der Waals surface area (Å²) in [6, 6.07) is 11.0. The number of hydrogen-bond acceptors (Lipinski definition) is 2. The van der Waals surface area contributed by atoms with Crippen LogP contribution in [0.15, 0.2) is 45.3 Å². The van der Waals surface area contributed by atoms with E-state index in [1.807, 2.05) is 30.3 Å². The Morgan fingerprint density at radius 1 is 1.16 bits per heavy atom. The topological polar surface area (TPSA) is 26.3 Å². The van der Waals surface area contributed by atoms with Crippen LogP contribution in [0.25, 0.3) is 0 Å². The molecular formula is C14H9Br2FO2. The average molecular weight is 388 g/mol. The van der Waals surface area contributed by atoms with Gasteiger partial charge < -0.3 is 4.74 Å². The van der Waals surface area contributed by atoms with Crippen molar-refractivity contribution in [1.29, 1.82) is 0 Å². The van der Waals surface area contributed by atoms with E-state index in [2.05, 4.69) is 31.9 Å². The van der Waals surface area contributed by atoms with Crippen LogP contribution in [0.2, 0.25) is 0 Å². The maximum Gasteiger partial charge on any atom is 0.177 e. The molecule has 0 bridgehead atoms. The molecular weight excluding hydrogens is 379 g/mol. The number of aldehydes is 1. The Morgan fingerprint density at radius 3 is 2.47 bits per heavy atom. The first-order chi connectivity index (χ1) is 9.13. The number of carbonyl (C=O) groups is 1. The van der Waals surface area contributed by atoms with Crippen LogP contribution in [0.4, 0.5) is 4.39 Å². The van der Waals surface area contributed by atoms with Crippen LogP contribution in [0.5, 0.6) is 5.75 Å². The molecule has 19 heavy (non-hydrogen) atoms. The Bertz CT molecular complexity index is 600. The quantitative estimate of drug-likeness (QED) is 0.708.